The number of nitro benzene ring substituents is 1. The molecule has 3 aromatic rings. The average Bonchev–Trinajstić information content (AvgIpc) is 3.31. The lowest BCUT2D eigenvalue weighted by atomic mass is 10.1. The lowest BCUT2D eigenvalue weighted by Crippen LogP contribution is -2.49. The van der Waals surface area contributed by atoms with Crippen molar-refractivity contribution >= 4 is 23.4 Å². The minimum Gasteiger partial charge on any atom is -0.457 e. The van der Waals surface area contributed by atoms with Crippen molar-refractivity contribution in [1.82, 2.24) is 4.90 Å². The summed E-state index contributed by atoms with van der Waals surface area (Å²) < 4.78 is 5.82. The Bertz CT molecular complexity index is 1250. The van der Waals surface area contributed by atoms with Gasteiger partial charge in [-0.2, -0.15) is 5.26 Å². The highest BCUT2D eigenvalue weighted by Gasteiger charge is 2.24. The first-order valence-corrected chi connectivity index (χ1v) is 10.5. The summed E-state index contributed by atoms with van der Waals surface area (Å²) in [5.74, 6) is 0.556. The number of nitriles is 1. The highest BCUT2D eigenvalue weighted by molar-refractivity contribution is 6.01. The molecule has 0 bridgehead atoms. The van der Waals surface area contributed by atoms with Crippen molar-refractivity contribution in [1.29, 1.82) is 5.26 Å². The molecule has 0 unspecified atom stereocenters. The highest BCUT2D eigenvalue weighted by Crippen LogP contribution is 2.29. The molecule has 1 amide bonds. The molecule has 0 spiro atoms. The summed E-state index contributed by atoms with van der Waals surface area (Å²) in [5.41, 5.74) is 2.53. The Morgan fingerprint density at radius 3 is 2.45 bits per heavy atom. The molecule has 2 heterocycles. The van der Waals surface area contributed by atoms with Crippen LogP contribution >= 0.6 is 0 Å². The van der Waals surface area contributed by atoms with Crippen LogP contribution in [-0.4, -0.2) is 41.9 Å². The number of benzene rings is 2. The molecular weight excluding hydrogens is 420 g/mol. The molecule has 1 saturated heterocycles. The Morgan fingerprint density at radius 1 is 1.09 bits per heavy atom. The van der Waals surface area contributed by atoms with Gasteiger partial charge in [0.1, 0.15) is 23.2 Å². The van der Waals surface area contributed by atoms with Gasteiger partial charge in [0.2, 0.25) is 0 Å². The van der Waals surface area contributed by atoms with Gasteiger partial charge in [-0.25, -0.2) is 0 Å². The van der Waals surface area contributed by atoms with Crippen molar-refractivity contribution in [3.63, 3.8) is 0 Å². The molecule has 0 N–H and O–H groups in total. The molecule has 1 fully saturated rings. The van der Waals surface area contributed by atoms with Gasteiger partial charge in [0.15, 0.2) is 0 Å². The predicted molar refractivity (Wildman–Crippen MR) is 124 cm³/mol. The van der Waals surface area contributed by atoms with E-state index in [0.717, 1.165) is 5.69 Å². The second-order valence-corrected chi connectivity index (χ2v) is 7.74. The third kappa shape index (κ3) is 4.77. The number of para-hydroxylation sites is 1. The van der Waals surface area contributed by atoms with Crippen LogP contribution in [-0.2, 0) is 4.79 Å². The maximum absolute atomic E-state index is 12.9. The summed E-state index contributed by atoms with van der Waals surface area (Å²) in [6.45, 7) is 4.20. The molecule has 0 radical (unpaired) electrons. The van der Waals surface area contributed by atoms with Crippen LogP contribution in [0.4, 0.5) is 11.4 Å². The third-order valence-electron chi connectivity index (χ3n) is 5.64. The highest BCUT2D eigenvalue weighted by atomic mass is 16.6. The summed E-state index contributed by atoms with van der Waals surface area (Å²) in [7, 11) is 0. The molecule has 1 aliphatic rings. The van der Waals surface area contributed by atoms with Crippen LogP contribution in [0.15, 0.2) is 70.7 Å². The first-order chi connectivity index (χ1) is 16.0. The Kier molecular flexibility index (Phi) is 6.22. The van der Waals surface area contributed by atoms with E-state index in [9.17, 15) is 20.2 Å². The number of furan rings is 1. The fourth-order valence-corrected chi connectivity index (χ4v) is 3.87. The number of anilines is 1. The minimum atomic E-state index is -0.447. The van der Waals surface area contributed by atoms with Crippen LogP contribution in [0.25, 0.3) is 17.4 Å². The molecule has 8 heteroatoms. The maximum atomic E-state index is 12.9. The van der Waals surface area contributed by atoms with Crippen molar-refractivity contribution in [3.05, 3.63) is 87.7 Å². The number of carbonyl (C=O) groups excluding carboxylic acids is 1. The Morgan fingerprint density at radius 2 is 1.82 bits per heavy atom. The van der Waals surface area contributed by atoms with Crippen LogP contribution in [0.1, 0.15) is 11.3 Å². The number of nitrogens with zero attached hydrogens (tertiary/aromatic N) is 4. The van der Waals surface area contributed by atoms with Gasteiger partial charge in [-0.15, -0.1) is 0 Å². The SMILES string of the molecule is Cc1cc([N+](=O)[O-])ccc1-c1ccc(/C=C(\C#N)C(=O)N2CCN(c3ccccc3)CC2)o1. The Labute approximate surface area is 191 Å². The monoisotopic (exact) mass is 442 g/mol. The van der Waals surface area contributed by atoms with Crippen LogP contribution in [0, 0.1) is 28.4 Å². The van der Waals surface area contributed by atoms with E-state index < -0.39 is 4.92 Å². The van der Waals surface area contributed by atoms with Crippen LogP contribution in [0.2, 0.25) is 0 Å². The molecule has 4 rings (SSSR count). The van der Waals surface area contributed by atoms with E-state index in [0.29, 0.717) is 48.8 Å². The quantitative estimate of drug-likeness (QED) is 0.251. The van der Waals surface area contributed by atoms with Gasteiger partial charge in [-0.1, -0.05) is 18.2 Å². The number of hydrogen-bond acceptors (Lipinski definition) is 6. The summed E-state index contributed by atoms with van der Waals surface area (Å²) in [6, 6.07) is 19.9. The predicted octanol–water partition coefficient (Wildman–Crippen LogP) is 4.42. The van der Waals surface area contributed by atoms with E-state index in [-0.39, 0.29) is 17.2 Å². The number of nitro groups is 1. The second-order valence-electron chi connectivity index (χ2n) is 7.74. The van der Waals surface area contributed by atoms with Gasteiger partial charge < -0.3 is 14.2 Å². The van der Waals surface area contributed by atoms with Gasteiger partial charge in [0.25, 0.3) is 11.6 Å². The molecule has 0 saturated carbocycles. The van der Waals surface area contributed by atoms with Crippen LogP contribution in [0.3, 0.4) is 0 Å². The lowest BCUT2D eigenvalue weighted by Gasteiger charge is -2.36. The maximum Gasteiger partial charge on any atom is 0.269 e. The molecular formula is C25H22N4O4. The molecule has 166 valence electrons. The smallest absolute Gasteiger partial charge is 0.269 e. The van der Waals surface area contributed by atoms with Crippen LogP contribution < -0.4 is 4.90 Å². The normalized spacial score (nSPS) is 14.1. The average molecular weight is 442 g/mol. The van der Waals surface area contributed by atoms with E-state index in [2.05, 4.69) is 4.90 Å². The van der Waals surface area contributed by atoms with Crippen molar-refractivity contribution in [2.24, 2.45) is 0 Å². The number of non-ortho nitro benzene ring substituents is 1. The molecule has 8 nitrogen and oxygen atoms in total. The fourth-order valence-electron chi connectivity index (χ4n) is 3.87. The van der Waals surface area contributed by atoms with Gasteiger partial charge in [0, 0.05) is 55.6 Å². The number of aryl methyl sites for hydroxylation is 1. The number of rotatable bonds is 5. The van der Waals surface area contributed by atoms with Crippen LogP contribution in [0.5, 0.6) is 0 Å². The summed E-state index contributed by atoms with van der Waals surface area (Å²) in [6.07, 6.45) is 1.44. The lowest BCUT2D eigenvalue weighted by molar-refractivity contribution is -0.384. The van der Waals surface area contributed by atoms with Crippen molar-refractivity contribution < 1.29 is 14.1 Å². The standard InChI is InChI=1S/C25H22N4O4/c1-18-15-21(29(31)32)7-9-23(18)24-10-8-22(33-24)16-19(17-26)25(30)28-13-11-27(12-14-28)20-5-3-2-4-6-20/h2-10,15-16H,11-14H2,1H3/b19-16+. The number of amides is 1. The van der Waals surface area contributed by atoms with Gasteiger partial charge in [-0.3, -0.25) is 14.9 Å². The van der Waals surface area contributed by atoms with E-state index in [1.165, 1.54) is 18.2 Å². The largest absolute Gasteiger partial charge is 0.457 e. The molecule has 1 aromatic heterocycles. The van der Waals surface area contributed by atoms with Crippen molar-refractivity contribution in [2.45, 2.75) is 6.92 Å². The summed E-state index contributed by atoms with van der Waals surface area (Å²) in [5, 5.41) is 20.5. The molecule has 2 aromatic carbocycles. The van der Waals surface area contributed by atoms with Gasteiger partial charge in [-0.05, 0) is 42.8 Å². The zero-order valence-corrected chi connectivity index (χ0v) is 18.1. The van der Waals surface area contributed by atoms with E-state index in [1.54, 1.807) is 30.0 Å². The summed E-state index contributed by atoms with van der Waals surface area (Å²) >= 11 is 0. The molecule has 33 heavy (non-hydrogen) atoms. The first kappa shape index (κ1) is 21.8. The topological polar surface area (TPSA) is 104 Å². The molecule has 1 aliphatic heterocycles. The zero-order valence-electron chi connectivity index (χ0n) is 18.1. The van der Waals surface area contributed by atoms with Gasteiger partial charge >= 0.3 is 0 Å². The van der Waals surface area contributed by atoms with Crippen molar-refractivity contribution in [2.75, 3.05) is 31.1 Å². The van der Waals surface area contributed by atoms with Gasteiger partial charge in [0.05, 0.1) is 4.92 Å². The Balaban J connectivity index is 1.46. The van der Waals surface area contributed by atoms with E-state index >= 15 is 0 Å². The first-order valence-electron chi connectivity index (χ1n) is 10.5. The molecule has 0 atom stereocenters. The number of piperazine rings is 1. The van der Waals surface area contributed by atoms with E-state index in [1.807, 2.05) is 36.4 Å². The second kappa shape index (κ2) is 9.40. The minimum absolute atomic E-state index is 0.00415. The Hall–Kier alpha value is -4.38. The zero-order chi connectivity index (χ0) is 23.4. The third-order valence-corrected chi connectivity index (χ3v) is 5.64. The number of hydrogen-bond donors (Lipinski definition) is 0. The number of carbonyl (C=O) groups is 1. The van der Waals surface area contributed by atoms with Crippen molar-refractivity contribution in [3.8, 4) is 17.4 Å². The molecule has 0 aliphatic carbocycles. The van der Waals surface area contributed by atoms with E-state index in [4.69, 9.17) is 4.42 Å². The fraction of sp³-hybridized carbons (Fsp3) is 0.200. The summed E-state index contributed by atoms with van der Waals surface area (Å²) in [4.78, 5) is 27.3.